The maximum absolute atomic E-state index is 13.3. The van der Waals surface area contributed by atoms with Gasteiger partial charge in [-0.25, -0.2) is 14.4 Å². The van der Waals surface area contributed by atoms with Crippen LogP contribution in [-0.4, -0.2) is 41.1 Å². The van der Waals surface area contributed by atoms with Gasteiger partial charge in [0.1, 0.15) is 23.5 Å². The number of oxazole rings is 1. The molecular formula is C18H20FN5O. The van der Waals surface area contributed by atoms with Gasteiger partial charge in [-0.05, 0) is 31.9 Å². The molecule has 4 rings (SSSR count). The summed E-state index contributed by atoms with van der Waals surface area (Å²) in [5.41, 5.74) is 2.14. The molecule has 130 valence electrons. The van der Waals surface area contributed by atoms with E-state index in [1.54, 1.807) is 12.4 Å². The monoisotopic (exact) mass is 341 g/mol. The number of hydrogen-bond donors (Lipinski definition) is 0. The van der Waals surface area contributed by atoms with Crippen LogP contribution in [0.2, 0.25) is 0 Å². The molecule has 0 unspecified atom stereocenters. The second-order valence-corrected chi connectivity index (χ2v) is 6.46. The van der Waals surface area contributed by atoms with E-state index >= 15 is 0 Å². The largest absolute Gasteiger partial charge is 0.423 e. The third-order valence-corrected chi connectivity index (χ3v) is 4.77. The van der Waals surface area contributed by atoms with Crippen LogP contribution in [0.4, 0.5) is 16.2 Å². The van der Waals surface area contributed by atoms with Crippen LogP contribution in [0.5, 0.6) is 0 Å². The van der Waals surface area contributed by atoms with Crippen LogP contribution in [0, 0.1) is 12.7 Å². The molecule has 0 radical (unpaired) electrons. The zero-order valence-electron chi connectivity index (χ0n) is 14.3. The maximum Gasteiger partial charge on any atom is 0.298 e. The van der Waals surface area contributed by atoms with Crippen LogP contribution in [0.15, 0.2) is 35.0 Å². The van der Waals surface area contributed by atoms with Crippen molar-refractivity contribution in [2.45, 2.75) is 25.8 Å². The lowest BCUT2D eigenvalue weighted by Gasteiger charge is -2.36. The van der Waals surface area contributed by atoms with Gasteiger partial charge in [0.15, 0.2) is 5.58 Å². The molecule has 25 heavy (non-hydrogen) atoms. The third kappa shape index (κ3) is 3.14. The molecule has 0 atom stereocenters. The Kier molecular flexibility index (Phi) is 3.99. The normalized spacial score (nSPS) is 15.7. The lowest BCUT2D eigenvalue weighted by Crippen LogP contribution is -2.44. The van der Waals surface area contributed by atoms with Crippen molar-refractivity contribution in [3.8, 4) is 0 Å². The topological polar surface area (TPSA) is 58.3 Å². The van der Waals surface area contributed by atoms with Gasteiger partial charge in [0, 0.05) is 44.0 Å². The van der Waals surface area contributed by atoms with Crippen molar-refractivity contribution < 1.29 is 8.81 Å². The van der Waals surface area contributed by atoms with Gasteiger partial charge >= 0.3 is 0 Å². The molecule has 3 heterocycles. The molecule has 1 saturated heterocycles. The summed E-state index contributed by atoms with van der Waals surface area (Å²) in [4.78, 5) is 17.3. The molecule has 0 aliphatic carbocycles. The second-order valence-electron chi connectivity index (χ2n) is 6.46. The van der Waals surface area contributed by atoms with Crippen LogP contribution >= 0.6 is 0 Å². The molecule has 0 amide bonds. The molecule has 1 aliphatic heterocycles. The first kappa shape index (κ1) is 15.8. The predicted octanol–water partition coefficient (Wildman–Crippen LogP) is 3.17. The number of nitrogens with zero attached hydrogens (tertiary/aromatic N) is 5. The second kappa shape index (κ2) is 6.31. The number of halogens is 1. The molecule has 1 aliphatic rings. The first-order valence-electron chi connectivity index (χ1n) is 8.43. The van der Waals surface area contributed by atoms with E-state index in [1.165, 1.54) is 12.1 Å². The van der Waals surface area contributed by atoms with Crippen LogP contribution in [0.25, 0.3) is 11.1 Å². The minimum Gasteiger partial charge on any atom is -0.423 e. The fraction of sp³-hybridized carbons (Fsp3) is 0.389. The van der Waals surface area contributed by atoms with Crippen molar-refractivity contribution >= 4 is 22.9 Å². The van der Waals surface area contributed by atoms with Gasteiger partial charge in [-0.2, -0.15) is 4.98 Å². The number of benzene rings is 1. The summed E-state index contributed by atoms with van der Waals surface area (Å²) in [7, 11) is 2.07. The molecule has 0 saturated carbocycles. The summed E-state index contributed by atoms with van der Waals surface area (Å²) in [6.45, 7) is 3.65. The first-order chi connectivity index (χ1) is 12.1. The summed E-state index contributed by atoms with van der Waals surface area (Å²) in [6, 6.07) is 7.41. The van der Waals surface area contributed by atoms with E-state index in [0.29, 0.717) is 23.2 Å². The highest BCUT2D eigenvalue weighted by Gasteiger charge is 2.26. The lowest BCUT2D eigenvalue weighted by atomic mass is 10.0. The summed E-state index contributed by atoms with van der Waals surface area (Å²) in [5, 5.41) is 0. The van der Waals surface area contributed by atoms with Crippen LogP contribution < -0.4 is 9.80 Å². The van der Waals surface area contributed by atoms with E-state index in [2.05, 4.69) is 31.8 Å². The Morgan fingerprint density at radius 3 is 2.76 bits per heavy atom. The Morgan fingerprint density at radius 1 is 1.20 bits per heavy atom. The van der Waals surface area contributed by atoms with Gasteiger partial charge in [0.05, 0.1) is 0 Å². The predicted molar refractivity (Wildman–Crippen MR) is 94.4 cm³/mol. The van der Waals surface area contributed by atoms with Gasteiger partial charge in [-0.15, -0.1) is 0 Å². The first-order valence-corrected chi connectivity index (χ1v) is 8.43. The Labute approximate surface area is 145 Å². The smallest absolute Gasteiger partial charge is 0.298 e. The SMILES string of the molecule is Cc1cc(N(C)C2CCN(c3nc4ccc(F)cc4o3)CC2)ncn1. The Bertz CT molecular complexity index is 888. The molecule has 6 nitrogen and oxygen atoms in total. The average molecular weight is 341 g/mol. The highest BCUT2D eigenvalue weighted by Crippen LogP contribution is 2.27. The van der Waals surface area contributed by atoms with Gasteiger partial charge in [-0.1, -0.05) is 0 Å². The fourth-order valence-corrected chi connectivity index (χ4v) is 3.29. The molecule has 0 N–H and O–H groups in total. The van der Waals surface area contributed by atoms with Crippen LogP contribution in [-0.2, 0) is 0 Å². The van der Waals surface area contributed by atoms with Gasteiger partial charge < -0.3 is 14.2 Å². The van der Waals surface area contributed by atoms with Crippen molar-refractivity contribution in [2.24, 2.45) is 0 Å². The molecule has 0 bridgehead atoms. The van der Waals surface area contributed by atoms with E-state index in [-0.39, 0.29) is 5.82 Å². The number of aryl methyl sites for hydroxylation is 1. The standard InChI is InChI=1S/C18H20FN5O/c1-12-9-17(21-11-20-12)23(2)14-5-7-24(8-6-14)18-22-15-4-3-13(19)10-16(15)25-18/h3-4,9-11,14H,5-8H2,1-2H3. The summed E-state index contributed by atoms with van der Waals surface area (Å²) in [6.07, 6.45) is 3.56. The van der Waals surface area contributed by atoms with E-state index in [0.717, 1.165) is 37.4 Å². The average Bonchev–Trinajstić information content (AvgIpc) is 3.04. The molecule has 1 aromatic carbocycles. The number of aromatic nitrogens is 3. The Hall–Kier alpha value is -2.70. The van der Waals surface area contributed by atoms with E-state index in [1.807, 2.05) is 13.0 Å². The summed E-state index contributed by atoms with van der Waals surface area (Å²) < 4.78 is 19.0. The number of fused-ring (bicyclic) bond motifs is 1. The molecule has 3 aromatic rings. The number of hydrogen-bond acceptors (Lipinski definition) is 6. The highest BCUT2D eigenvalue weighted by atomic mass is 19.1. The molecule has 7 heteroatoms. The maximum atomic E-state index is 13.3. The van der Waals surface area contributed by atoms with Crippen LogP contribution in [0.1, 0.15) is 18.5 Å². The fourth-order valence-electron chi connectivity index (χ4n) is 3.29. The number of anilines is 2. The molecule has 0 spiro atoms. The number of piperidine rings is 1. The van der Waals surface area contributed by atoms with E-state index < -0.39 is 0 Å². The lowest BCUT2D eigenvalue weighted by molar-refractivity contribution is 0.451. The van der Waals surface area contributed by atoms with Crippen molar-refractivity contribution in [3.63, 3.8) is 0 Å². The Balaban J connectivity index is 1.45. The van der Waals surface area contributed by atoms with Crippen molar-refractivity contribution in [3.05, 3.63) is 42.1 Å². The van der Waals surface area contributed by atoms with E-state index in [4.69, 9.17) is 4.42 Å². The minimum absolute atomic E-state index is 0.310. The molecule has 1 fully saturated rings. The van der Waals surface area contributed by atoms with Crippen molar-refractivity contribution in [2.75, 3.05) is 29.9 Å². The Morgan fingerprint density at radius 2 is 2.00 bits per heavy atom. The van der Waals surface area contributed by atoms with Gasteiger partial charge in [-0.3, -0.25) is 0 Å². The zero-order chi connectivity index (χ0) is 17.4. The third-order valence-electron chi connectivity index (χ3n) is 4.77. The zero-order valence-corrected chi connectivity index (χ0v) is 14.3. The molecular weight excluding hydrogens is 321 g/mol. The quantitative estimate of drug-likeness (QED) is 0.729. The van der Waals surface area contributed by atoms with Crippen molar-refractivity contribution in [1.82, 2.24) is 15.0 Å². The number of rotatable bonds is 3. The highest BCUT2D eigenvalue weighted by molar-refractivity contribution is 5.74. The van der Waals surface area contributed by atoms with Gasteiger partial charge in [0.25, 0.3) is 6.01 Å². The van der Waals surface area contributed by atoms with Crippen LogP contribution in [0.3, 0.4) is 0 Å². The molecule has 2 aromatic heterocycles. The van der Waals surface area contributed by atoms with Gasteiger partial charge in [0.2, 0.25) is 0 Å². The summed E-state index contributed by atoms with van der Waals surface area (Å²) in [5.74, 6) is 0.638. The minimum atomic E-state index is -0.310. The van der Waals surface area contributed by atoms with Crippen molar-refractivity contribution in [1.29, 1.82) is 0 Å². The van der Waals surface area contributed by atoms with E-state index in [9.17, 15) is 4.39 Å². The summed E-state index contributed by atoms with van der Waals surface area (Å²) >= 11 is 0.